The van der Waals surface area contributed by atoms with Crippen molar-refractivity contribution in [3.8, 4) is 0 Å². The van der Waals surface area contributed by atoms with Crippen LogP contribution in [0.3, 0.4) is 0 Å². The average Bonchev–Trinajstić information content (AvgIpc) is 3.27. The summed E-state index contributed by atoms with van der Waals surface area (Å²) in [6.07, 6.45) is -6.99. The SMILES string of the molecule is CC(N)CN1C(=O)SC(=Cc2ccc3c(cnn3Cc3ccc(C(F)(F)F)cc3C(F)(F)F)c2)C1=O. The second-order valence-electron chi connectivity index (χ2n) is 8.26. The normalized spacial score (nSPS) is 17.0. The van der Waals surface area contributed by atoms with E-state index < -0.39 is 41.2 Å². The van der Waals surface area contributed by atoms with Crippen molar-refractivity contribution >= 4 is 39.9 Å². The molecule has 6 nitrogen and oxygen atoms in total. The van der Waals surface area contributed by atoms with Crippen LogP contribution in [0.1, 0.15) is 29.2 Å². The number of imide groups is 1. The summed E-state index contributed by atoms with van der Waals surface area (Å²) in [4.78, 5) is 25.9. The predicted octanol–water partition coefficient (Wildman–Crippen LogP) is 5.51. The molecule has 190 valence electrons. The minimum Gasteiger partial charge on any atom is -0.326 e. The van der Waals surface area contributed by atoms with Crippen molar-refractivity contribution in [2.45, 2.75) is 31.9 Å². The summed E-state index contributed by atoms with van der Waals surface area (Å²) in [7, 11) is 0. The lowest BCUT2D eigenvalue weighted by molar-refractivity contribution is -0.143. The van der Waals surface area contributed by atoms with Gasteiger partial charge in [0.1, 0.15) is 0 Å². The van der Waals surface area contributed by atoms with Crippen LogP contribution >= 0.6 is 11.8 Å². The summed E-state index contributed by atoms with van der Waals surface area (Å²) < 4.78 is 80.5. The lowest BCUT2D eigenvalue weighted by atomic mass is 10.0. The third-order valence-electron chi connectivity index (χ3n) is 5.37. The molecule has 1 saturated heterocycles. The standard InChI is InChI=1S/C23H18F6N4O2S/c1-12(30)10-32-20(34)19(36-21(32)35)7-13-2-5-18-15(6-13)9-31-33(18)11-14-3-4-16(22(24,25)26)8-17(14)23(27,28)29/h2-9,12H,10-11,30H2,1H3. The van der Waals surface area contributed by atoms with Gasteiger partial charge in [-0.15, -0.1) is 0 Å². The largest absolute Gasteiger partial charge is 0.416 e. The molecule has 4 rings (SSSR count). The maximum atomic E-state index is 13.5. The number of carbonyl (C=O) groups excluding carboxylic acids is 2. The number of amides is 2. The molecule has 3 aromatic rings. The van der Waals surface area contributed by atoms with Crippen molar-refractivity contribution in [2.75, 3.05) is 6.54 Å². The molecule has 2 heterocycles. The second-order valence-corrected chi connectivity index (χ2v) is 9.25. The summed E-state index contributed by atoms with van der Waals surface area (Å²) in [6.45, 7) is 1.34. The van der Waals surface area contributed by atoms with Crippen LogP contribution in [0.2, 0.25) is 0 Å². The van der Waals surface area contributed by atoms with Crippen molar-refractivity contribution < 1.29 is 35.9 Å². The molecule has 0 aliphatic carbocycles. The van der Waals surface area contributed by atoms with Gasteiger partial charge in [-0.25, -0.2) is 0 Å². The molecule has 1 fully saturated rings. The Morgan fingerprint density at radius 1 is 1.06 bits per heavy atom. The van der Waals surface area contributed by atoms with E-state index in [0.29, 0.717) is 22.5 Å². The number of rotatable bonds is 5. The molecular formula is C23H18F6N4O2S. The lowest BCUT2D eigenvalue weighted by Gasteiger charge is -2.16. The fourth-order valence-electron chi connectivity index (χ4n) is 3.73. The lowest BCUT2D eigenvalue weighted by Crippen LogP contribution is -2.38. The monoisotopic (exact) mass is 528 g/mol. The van der Waals surface area contributed by atoms with E-state index in [0.717, 1.165) is 22.7 Å². The maximum Gasteiger partial charge on any atom is 0.416 e. The smallest absolute Gasteiger partial charge is 0.326 e. The van der Waals surface area contributed by atoms with Crippen LogP contribution in [-0.2, 0) is 23.7 Å². The van der Waals surface area contributed by atoms with Crippen LogP contribution < -0.4 is 5.73 Å². The first-order valence-corrected chi connectivity index (χ1v) is 11.3. The van der Waals surface area contributed by atoms with Crippen LogP contribution in [0.25, 0.3) is 17.0 Å². The molecule has 0 bridgehead atoms. The summed E-state index contributed by atoms with van der Waals surface area (Å²) >= 11 is 0.773. The Labute approximate surface area is 204 Å². The fraction of sp³-hybridized carbons (Fsp3) is 0.261. The number of nitrogens with two attached hydrogens (primary N) is 1. The van der Waals surface area contributed by atoms with Crippen LogP contribution in [0.4, 0.5) is 31.1 Å². The molecule has 2 aromatic carbocycles. The van der Waals surface area contributed by atoms with Crippen molar-refractivity contribution in [2.24, 2.45) is 5.73 Å². The Hall–Kier alpha value is -3.32. The van der Waals surface area contributed by atoms with Crippen molar-refractivity contribution in [1.82, 2.24) is 14.7 Å². The third kappa shape index (κ3) is 5.26. The molecule has 0 saturated carbocycles. The number of carbonyl (C=O) groups is 2. The van der Waals surface area contributed by atoms with Crippen LogP contribution in [-0.4, -0.2) is 38.4 Å². The maximum absolute atomic E-state index is 13.5. The summed E-state index contributed by atoms with van der Waals surface area (Å²) in [5.74, 6) is -0.472. The Morgan fingerprint density at radius 3 is 2.42 bits per heavy atom. The average molecular weight is 528 g/mol. The zero-order chi connectivity index (χ0) is 26.4. The first-order valence-electron chi connectivity index (χ1n) is 10.5. The molecule has 36 heavy (non-hydrogen) atoms. The topological polar surface area (TPSA) is 81.2 Å². The van der Waals surface area contributed by atoms with E-state index >= 15 is 0 Å². The van der Waals surface area contributed by atoms with E-state index in [1.807, 2.05) is 0 Å². The Balaban J connectivity index is 1.63. The van der Waals surface area contributed by atoms with Gasteiger partial charge in [0.25, 0.3) is 11.1 Å². The zero-order valence-electron chi connectivity index (χ0n) is 18.5. The van der Waals surface area contributed by atoms with E-state index in [1.54, 1.807) is 25.1 Å². The van der Waals surface area contributed by atoms with Gasteiger partial charge in [-0.1, -0.05) is 12.1 Å². The molecule has 1 aliphatic heterocycles. The molecule has 1 atom stereocenters. The molecule has 13 heteroatoms. The number of aromatic nitrogens is 2. The molecule has 0 radical (unpaired) electrons. The third-order valence-corrected chi connectivity index (χ3v) is 6.28. The number of alkyl halides is 6. The molecule has 1 aliphatic rings. The number of benzene rings is 2. The van der Waals surface area contributed by atoms with E-state index in [-0.39, 0.29) is 29.1 Å². The highest BCUT2D eigenvalue weighted by Crippen LogP contribution is 2.38. The highest BCUT2D eigenvalue weighted by Gasteiger charge is 2.38. The van der Waals surface area contributed by atoms with Crippen molar-refractivity contribution in [3.63, 3.8) is 0 Å². The highest BCUT2D eigenvalue weighted by molar-refractivity contribution is 8.18. The number of hydrogen-bond acceptors (Lipinski definition) is 5. The van der Waals surface area contributed by atoms with E-state index in [2.05, 4.69) is 5.10 Å². The van der Waals surface area contributed by atoms with Crippen LogP contribution in [0.15, 0.2) is 47.5 Å². The zero-order valence-corrected chi connectivity index (χ0v) is 19.3. The number of halogens is 6. The van der Waals surface area contributed by atoms with Crippen molar-refractivity contribution in [1.29, 1.82) is 0 Å². The van der Waals surface area contributed by atoms with Gasteiger partial charge in [0.05, 0.1) is 34.3 Å². The van der Waals surface area contributed by atoms with Gasteiger partial charge in [-0.2, -0.15) is 31.4 Å². The second kappa shape index (κ2) is 9.28. The minimum atomic E-state index is -4.99. The van der Waals surface area contributed by atoms with Gasteiger partial charge in [-0.3, -0.25) is 19.2 Å². The van der Waals surface area contributed by atoms with Crippen LogP contribution in [0, 0.1) is 0 Å². The molecule has 2 N–H and O–H groups in total. The number of fused-ring (bicyclic) bond motifs is 1. The quantitative estimate of drug-likeness (QED) is 0.349. The Morgan fingerprint density at radius 2 is 1.78 bits per heavy atom. The van der Waals surface area contributed by atoms with Crippen molar-refractivity contribution in [3.05, 3.63) is 69.8 Å². The molecule has 1 aromatic heterocycles. The highest BCUT2D eigenvalue weighted by atomic mass is 32.2. The number of hydrogen-bond donors (Lipinski definition) is 1. The first-order chi connectivity index (χ1) is 16.7. The minimum absolute atomic E-state index is 0.0810. The predicted molar refractivity (Wildman–Crippen MR) is 122 cm³/mol. The van der Waals surface area contributed by atoms with Gasteiger partial charge < -0.3 is 5.73 Å². The number of thioether (sulfide) groups is 1. The molecular weight excluding hydrogens is 510 g/mol. The molecule has 2 amide bonds. The van der Waals surface area contributed by atoms with Gasteiger partial charge in [0.2, 0.25) is 0 Å². The van der Waals surface area contributed by atoms with Gasteiger partial charge in [0.15, 0.2) is 0 Å². The molecule has 0 spiro atoms. The van der Waals surface area contributed by atoms with Crippen LogP contribution in [0.5, 0.6) is 0 Å². The fourth-order valence-corrected chi connectivity index (χ4v) is 4.58. The van der Waals surface area contributed by atoms with E-state index in [1.165, 1.54) is 17.0 Å². The number of nitrogens with zero attached hydrogens (tertiary/aromatic N) is 3. The summed E-state index contributed by atoms with van der Waals surface area (Å²) in [5, 5.41) is 4.18. The van der Waals surface area contributed by atoms with Gasteiger partial charge in [0, 0.05) is 18.0 Å². The van der Waals surface area contributed by atoms with E-state index in [4.69, 9.17) is 5.73 Å². The summed E-state index contributed by atoms with van der Waals surface area (Å²) in [6, 6.07) is 5.91. The summed E-state index contributed by atoms with van der Waals surface area (Å²) in [5.41, 5.74) is 3.52. The Bertz CT molecular complexity index is 1380. The van der Waals surface area contributed by atoms with E-state index in [9.17, 15) is 35.9 Å². The first kappa shape index (κ1) is 25.8. The molecule has 1 unspecified atom stereocenters. The van der Waals surface area contributed by atoms with Gasteiger partial charge in [-0.05, 0) is 60.2 Å². The Kier molecular flexibility index (Phi) is 6.64. The van der Waals surface area contributed by atoms with Gasteiger partial charge >= 0.3 is 12.4 Å².